The summed E-state index contributed by atoms with van der Waals surface area (Å²) in [6.45, 7) is 3.78. The zero-order valence-electron chi connectivity index (χ0n) is 12.8. The summed E-state index contributed by atoms with van der Waals surface area (Å²) in [6, 6.07) is 13.5. The summed E-state index contributed by atoms with van der Waals surface area (Å²) >= 11 is 0. The molecule has 0 radical (unpaired) electrons. The molecule has 4 aromatic heterocycles. The maximum absolute atomic E-state index is 5.79. The molecule has 112 valence electrons. The van der Waals surface area contributed by atoms with Crippen molar-refractivity contribution in [2.45, 2.75) is 13.8 Å². The molecule has 0 aliphatic carbocycles. The lowest BCUT2D eigenvalue weighted by molar-refractivity contribution is 0.532. The molecule has 4 aromatic rings. The number of nitrogens with zero attached hydrogens (tertiary/aromatic N) is 4. The lowest BCUT2D eigenvalue weighted by Crippen LogP contribution is -1.91. The molecule has 0 saturated heterocycles. The Hall–Kier alpha value is -3.08. The van der Waals surface area contributed by atoms with E-state index in [-0.39, 0.29) is 0 Å². The Labute approximate surface area is 133 Å². The van der Waals surface area contributed by atoms with Crippen LogP contribution in [0.5, 0.6) is 0 Å². The fourth-order valence-electron chi connectivity index (χ4n) is 2.53. The van der Waals surface area contributed by atoms with Gasteiger partial charge in [0, 0.05) is 18.8 Å². The minimum absolute atomic E-state index is 0.589. The molecule has 0 spiro atoms. The van der Waals surface area contributed by atoms with Gasteiger partial charge in [-0.05, 0) is 43.3 Å². The van der Waals surface area contributed by atoms with Gasteiger partial charge < -0.3 is 4.42 Å². The van der Waals surface area contributed by atoms with E-state index in [1.54, 1.807) is 6.20 Å². The van der Waals surface area contributed by atoms with Gasteiger partial charge in [-0.2, -0.15) is 0 Å². The van der Waals surface area contributed by atoms with Crippen molar-refractivity contribution in [2.24, 2.45) is 0 Å². The lowest BCUT2D eigenvalue weighted by atomic mass is 10.1. The zero-order valence-corrected chi connectivity index (χ0v) is 12.8. The summed E-state index contributed by atoms with van der Waals surface area (Å²) in [5.41, 5.74) is 4.82. The second-order valence-corrected chi connectivity index (χ2v) is 5.31. The van der Waals surface area contributed by atoms with Gasteiger partial charge in [0.1, 0.15) is 11.4 Å². The molecule has 0 bridgehead atoms. The number of fused-ring (bicyclic) bond motifs is 1. The Bertz CT molecular complexity index is 1010. The molecule has 0 N–H and O–H groups in total. The molecular formula is C18H14N4O. The molecule has 5 heteroatoms. The third-order valence-electron chi connectivity index (χ3n) is 3.55. The van der Waals surface area contributed by atoms with E-state index in [1.807, 2.05) is 56.3 Å². The average molecular weight is 302 g/mol. The molecule has 4 heterocycles. The summed E-state index contributed by atoms with van der Waals surface area (Å²) in [6.07, 6.45) is 1.76. The maximum Gasteiger partial charge on any atom is 0.192 e. The molecule has 0 saturated carbocycles. The van der Waals surface area contributed by atoms with Crippen LogP contribution >= 0.6 is 0 Å². The third kappa shape index (κ3) is 2.46. The van der Waals surface area contributed by atoms with Crippen molar-refractivity contribution in [3.63, 3.8) is 0 Å². The minimum Gasteiger partial charge on any atom is -0.439 e. The van der Waals surface area contributed by atoms with Crippen molar-refractivity contribution in [3.8, 4) is 22.8 Å². The SMILES string of the molecule is Cc1cccc(-c2oc(C)nc2-c2ccc3ncccc3n2)n1. The van der Waals surface area contributed by atoms with E-state index in [9.17, 15) is 0 Å². The molecule has 0 aliphatic heterocycles. The maximum atomic E-state index is 5.79. The average Bonchev–Trinajstić information content (AvgIpc) is 2.96. The lowest BCUT2D eigenvalue weighted by Gasteiger charge is -2.03. The summed E-state index contributed by atoms with van der Waals surface area (Å²) in [5, 5.41) is 0. The Morgan fingerprint density at radius 2 is 1.70 bits per heavy atom. The molecule has 23 heavy (non-hydrogen) atoms. The van der Waals surface area contributed by atoms with Crippen LogP contribution in [-0.4, -0.2) is 19.9 Å². The molecular weight excluding hydrogens is 288 g/mol. The standard InChI is InChI=1S/C18H14N4O/c1-11-5-3-6-16(20-11)18-17(21-12(2)23-18)15-9-8-13-14(22-15)7-4-10-19-13/h3-10H,1-2H3. The number of hydrogen-bond acceptors (Lipinski definition) is 5. The quantitative estimate of drug-likeness (QED) is 0.560. The van der Waals surface area contributed by atoms with E-state index in [4.69, 9.17) is 4.42 Å². The normalized spacial score (nSPS) is 11.0. The Morgan fingerprint density at radius 3 is 2.57 bits per heavy atom. The van der Waals surface area contributed by atoms with Crippen molar-refractivity contribution in [2.75, 3.05) is 0 Å². The molecule has 0 fully saturated rings. The molecule has 0 aliphatic rings. The molecule has 0 atom stereocenters. The first-order chi connectivity index (χ1) is 11.2. The van der Waals surface area contributed by atoms with E-state index in [0.29, 0.717) is 17.3 Å². The van der Waals surface area contributed by atoms with Crippen LogP contribution in [0.1, 0.15) is 11.6 Å². The van der Waals surface area contributed by atoms with Crippen molar-refractivity contribution in [1.29, 1.82) is 0 Å². The van der Waals surface area contributed by atoms with E-state index >= 15 is 0 Å². The fourth-order valence-corrected chi connectivity index (χ4v) is 2.53. The van der Waals surface area contributed by atoms with Crippen LogP contribution in [0, 0.1) is 13.8 Å². The summed E-state index contributed by atoms with van der Waals surface area (Å²) in [7, 11) is 0. The van der Waals surface area contributed by atoms with Gasteiger partial charge in [-0.25, -0.2) is 15.0 Å². The number of aryl methyl sites for hydroxylation is 2. The summed E-state index contributed by atoms with van der Waals surface area (Å²) in [4.78, 5) is 18.0. The topological polar surface area (TPSA) is 64.7 Å². The van der Waals surface area contributed by atoms with Crippen LogP contribution in [0.25, 0.3) is 33.9 Å². The highest BCUT2D eigenvalue weighted by Gasteiger charge is 2.17. The summed E-state index contributed by atoms with van der Waals surface area (Å²) in [5.74, 6) is 1.23. The van der Waals surface area contributed by atoms with Gasteiger partial charge in [-0.1, -0.05) is 6.07 Å². The first-order valence-corrected chi connectivity index (χ1v) is 7.34. The van der Waals surface area contributed by atoms with Crippen LogP contribution in [0.2, 0.25) is 0 Å². The first kappa shape index (κ1) is 13.6. The smallest absolute Gasteiger partial charge is 0.192 e. The largest absolute Gasteiger partial charge is 0.439 e. The van der Waals surface area contributed by atoms with Crippen molar-refractivity contribution in [3.05, 3.63) is 60.2 Å². The van der Waals surface area contributed by atoms with E-state index in [1.165, 1.54) is 0 Å². The molecule has 4 rings (SSSR count). The molecule has 5 nitrogen and oxygen atoms in total. The van der Waals surface area contributed by atoms with Crippen LogP contribution in [0.15, 0.2) is 53.1 Å². The Kier molecular flexibility index (Phi) is 3.12. The monoisotopic (exact) mass is 302 g/mol. The van der Waals surface area contributed by atoms with E-state index in [0.717, 1.165) is 28.1 Å². The fraction of sp³-hybridized carbons (Fsp3) is 0.111. The summed E-state index contributed by atoms with van der Waals surface area (Å²) < 4.78 is 5.79. The third-order valence-corrected chi connectivity index (χ3v) is 3.55. The van der Waals surface area contributed by atoms with Gasteiger partial charge >= 0.3 is 0 Å². The van der Waals surface area contributed by atoms with Gasteiger partial charge in [0.15, 0.2) is 11.7 Å². The van der Waals surface area contributed by atoms with Crippen LogP contribution in [-0.2, 0) is 0 Å². The van der Waals surface area contributed by atoms with Crippen molar-refractivity contribution < 1.29 is 4.42 Å². The molecule has 0 aromatic carbocycles. The number of hydrogen-bond donors (Lipinski definition) is 0. The number of oxazole rings is 1. The zero-order chi connectivity index (χ0) is 15.8. The van der Waals surface area contributed by atoms with Crippen LogP contribution in [0.4, 0.5) is 0 Å². The Balaban J connectivity index is 1.91. The number of aromatic nitrogens is 4. The second kappa shape index (κ2) is 5.28. The van der Waals surface area contributed by atoms with Gasteiger partial charge in [0.05, 0.1) is 16.7 Å². The van der Waals surface area contributed by atoms with Gasteiger partial charge in [-0.3, -0.25) is 4.98 Å². The number of rotatable bonds is 2. The molecule has 0 amide bonds. The van der Waals surface area contributed by atoms with E-state index in [2.05, 4.69) is 19.9 Å². The van der Waals surface area contributed by atoms with Crippen LogP contribution in [0.3, 0.4) is 0 Å². The minimum atomic E-state index is 0.589. The van der Waals surface area contributed by atoms with Gasteiger partial charge in [0.25, 0.3) is 0 Å². The molecule has 0 unspecified atom stereocenters. The van der Waals surface area contributed by atoms with Gasteiger partial charge in [-0.15, -0.1) is 0 Å². The van der Waals surface area contributed by atoms with E-state index < -0.39 is 0 Å². The highest BCUT2D eigenvalue weighted by atomic mass is 16.4. The van der Waals surface area contributed by atoms with Crippen LogP contribution < -0.4 is 0 Å². The highest BCUT2D eigenvalue weighted by molar-refractivity contribution is 5.80. The Morgan fingerprint density at radius 1 is 0.783 bits per heavy atom. The number of pyridine rings is 3. The van der Waals surface area contributed by atoms with Crippen molar-refractivity contribution >= 4 is 11.0 Å². The van der Waals surface area contributed by atoms with Gasteiger partial charge in [0.2, 0.25) is 0 Å². The highest BCUT2D eigenvalue weighted by Crippen LogP contribution is 2.31. The predicted octanol–water partition coefficient (Wildman–Crippen LogP) is 3.96. The predicted molar refractivity (Wildman–Crippen MR) is 87.7 cm³/mol. The van der Waals surface area contributed by atoms with Crippen molar-refractivity contribution in [1.82, 2.24) is 19.9 Å². The second-order valence-electron chi connectivity index (χ2n) is 5.31. The first-order valence-electron chi connectivity index (χ1n) is 7.34.